The fraction of sp³-hybridized carbons (Fsp3) is 0.917. The van der Waals surface area contributed by atoms with Crippen molar-refractivity contribution >= 4 is 5.91 Å². The third-order valence-electron chi connectivity index (χ3n) is 3.25. The van der Waals surface area contributed by atoms with E-state index in [0.29, 0.717) is 12.3 Å². The summed E-state index contributed by atoms with van der Waals surface area (Å²) in [4.78, 5) is 13.6. The van der Waals surface area contributed by atoms with Crippen LogP contribution in [0.1, 0.15) is 46.0 Å². The van der Waals surface area contributed by atoms with Crippen LogP contribution in [0.2, 0.25) is 0 Å². The van der Waals surface area contributed by atoms with Gasteiger partial charge in [0.15, 0.2) is 0 Å². The lowest BCUT2D eigenvalue weighted by Gasteiger charge is -2.17. The van der Waals surface area contributed by atoms with Crippen LogP contribution in [0.5, 0.6) is 0 Å². The van der Waals surface area contributed by atoms with Gasteiger partial charge in [0.25, 0.3) is 0 Å². The van der Waals surface area contributed by atoms with Gasteiger partial charge >= 0.3 is 0 Å². The zero-order valence-electron chi connectivity index (χ0n) is 9.91. The highest BCUT2D eigenvalue weighted by Crippen LogP contribution is 2.20. The molecule has 0 aromatic rings. The minimum absolute atomic E-state index is 0.270. The van der Waals surface area contributed by atoms with Crippen LogP contribution < -0.4 is 0 Å². The molecule has 0 saturated carbocycles. The highest BCUT2D eigenvalue weighted by Gasteiger charge is 2.28. The van der Waals surface area contributed by atoms with Crippen molar-refractivity contribution in [1.29, 1.82) is 0 Å². The number of nitrogens with zero attached hydrogens (tertiary/aromatic N) is 1. The van der Waals surface area contributed by atoms with Crippen LogP contribution in [0, 0.1) is 5.92 Å². The summed E-state index contributed by atoms with van der Waals surface area (Å²) in [7, 11) is 0. The molecular formula is C12H23NO2. The van der Waals surface area contributed by atoms with Crippen LogP contribution in [0.4, 0.5) is 0 Å². The van der Waals surface area contributed by atoms with Gasteiger partial charge in [-0.25, -0.2) is 0 Å². The minimum atomic E-state index is -0.279. The van der Waals surface area contributed by atoms with Crippen molar-refractivity contribution in [2.45, 2.75) is 52.1 Å². The SMILES string of the molecule is CCCCCC(=O)N1CCC(C(C)O)C1. The predicted octanol–water partition coefficient (Wildman–Crippen LogP) is 1.80. The zero-order chi connectivity index (χ0) is 11.3. The van der Waals surface area contributed by atoms with Gasteiger partial charge in [0.2, 0.25) is 5.91 Å². The van der Waals surface area contributed by atoms with Crippen LogP contribution in [-0.4, -0.2) is 35.1 Å². The Morgan fingerprint density at radius 3 is 2.80 bits per heavy atom. The number of hydrogen-bond donors (Lipinski definition) is 1. The Morgan fingerprint density at radius 2 is 2.27 bits per heavy atom. The van der Waals surface area contributed by atoms with Crippen LogP contribution in [0.3, 0.4) is 0 Å². The van der Waals surface area contributed by atoms with Gasteiger partial charge in [-0.05, 0) is 19.8 Å². The Kier molecular flexibility index (Phi) is 5.09. The first-order valence-electron chi connectivity index (χ1n) is 6.11. The summed E-state index contributed by atoms with van der Waals surface area (Å²) < 4.78 is 0. The van der Waals surface area contributed by atoms with E-state index in [4.69, 9.17) is 0 Å². The van der Waals surface area contributed by atoms with Gasteiger partial charge in [0, 0.05) is 25.4 Å². The molecule has 15 heavy (non-hydrogen) atoms. The molecule has 0 spiro atoms. The fourth-order valence-corrected chi connectivity index (χ4v) is 2.09. The van der Waals surface area contributed by atoms with E-state index < -0.39 is 0 Å². The lowest BCUT2D eigenvalue weighted by Crippen LogP contribution is -2.30. The maximum Gasteiger partial charge on any atom is 0.222 e. The quantitative estimate of drug-likeness (QED) is 0.707. The van der Waals surface area contributed by atoms with Gasteiger partial charge < -0.3 is 10.0 Å². The van der Waals surface area contributed by atoms with Crippen molar-refractivity contribution in [1.82, 2.24) is 4.90 Å². The van der Waals surface area contributed by atoms with E-state index in [0.717, 1.165) is 38.8 Å². The molecular weight excluding hydrogens is 190 g/mol. The Labute approximate surface area is 92.5 Å². The van der Waals surface area contributed by atoms with E-state index in [1.54, 1.807) is 0 Å². The van der Waals surface area contributed by atoms with Gasteiger partial charge in [0.1, 0.15) is 0 Å². The largest absolute Gasteiger partial charge is 0.393 e. The monoisotopic (exact) mass is 213 g/mol. The molecule has 1 fully saturated rings. The summed E-state index contributed by atoms with van der Waals surface area (Å²) in [5, 5.41) is 9.43. The molecule has 2 unspecified atom stereocenters. The van der Waals surface area contributed by atoms with E-state index in [2.05, 4.69) is 6.92 Å². The molecule has 1 amide bonds. The summed E-state index contributed by atoms with van der Waals surface area (Å²) in [5.41, 5.74) is 0. The number of aliphatic hydroxyl groups is 1. The second-order valence-electron chi connectivity index (χ2n) is 4.59. The number of hydrogen-bond acceptors (Lipinski definition) is 2. The Bertz CT molecular complexity index is 204. The molecule has 1 saturated heterocycles. The first-order valence-corrected chi connectivity index (χ1v) is 6.11. The fourth-order valence-electron chi connectivity index (χ4n) is 2.09. The van der Waals surface area contributed by atoms with Crippen LogP contribution in [-0.2, 0) is 4.79 Å². The molecule has 0 aromatic carbocycles. The molecule has 3 nitrogen and oxygen atoms in total. The maximum absolute atomic E-state index is 11.7. The lowest BCUT2D eigenvalue weighted by atomic mass is 10.0. The smallest absolute Gasteiger partial charge is 0.222 e. The molecule has 3 heteroatoms. The Morgan fingerprint density at radius 1 is 1.53 bits per heavy atom. The van der Waals surface area contributed by atoms with Gasteiger partial charge in [-0.3, -0.25) is 4.79 Å². The molecule has 0 aromatic heterocycles. The standard InChI is InChI=1S/C12H23NO2/c1-3-4-5-6-12(15)13-8-7-11(9-13)10(2)14/h10-11,14H,3-9H2,1-2H3. The lowest BCUT2D eigenvalue weighted by molar-refractivity contribution is -0.130. The van der Waals surface area contributed by atoms with Gasteiger partial charge in [-0.2, -0.15) is 0 Å². The summed E-state index contributed by atoms with van der Waals surface area (Å²) in [6, 6.07) is 0. The summed E-state index contributed by atoms with van der Waals surface area (Å²) in [5.74, 6) is 0.562. The molecule has 0 aliphatic carbocycles. The molecule has 2 atom stereocenters. The second kappa shape index (κ2) is 6.11. The molecule has 1 rings (SSSR count). The highest BCUT2D eigenvalue weighted by atomic mass is 16.3. The van der Waals surface area contributed by atoms with Crippen molar-refractivity contribution in [2.24, 2.45) is 5.92 Å². The van der Waals surface area contributed by atoms with Crippen molar-refractivity contribution in [2.75, 3.05) is 13.1 Å². The summed E-state index contributed by atoms with van der Waals surface area (Å²) in [6.07, 6.45) is 4.66. The topological polar surface area (TPSA) is 40.5 Å². The number of unbranched alkanes of at least 4 members (excludes halogenated alkanes) is 2. The van der Waals surface area contributed by atoms with Crippen molar-refractivity contribution in [3.05, 3.63) is 0 Å². The number of carbonyl (C=O) groups excluding carboxylic acids is 1. The number of likely N-dealkylation sites (tertiary alicyclic amines) is 1. The molecule has 0 radical (unpaired) electrons. The predicted molar refractivity (Wildman–Crippen MR) is 60.5 cm³/mol. The molecule has 1 N–H and O–H groups in total. The summed E-state index contributed by atoms with van der Waals surface area (Å²) in [6.45, 7) is 5.54. The number of carbonyl (C=O) groups is 1. The number of amides is 1. The van der Waals surface area contributed by atoms with E-state index in [-0.39, 0.29) is 12.0 Å². The van der Waals surface area contributed by atoms with Crippen LogP contribution in [0.15, 0.2) is 0 Å². The second-order valence-corrected chi connectivity index (χ2v) is 4.59. The molecule has 1 aliphatic heterocycles. The van der Waals surface area contributed by atoms with Crippen LogP contribution >= 0.6 is 0 Å². The molecule has 1 aliphatic rings. The average Bonchev–Trinajstić information content (AvgIpc) is 2.66. The Hall–Kier alpha value is -0.570. The normalized spacial score (nSPS) is 23.1. The first kappa shape index (κ1) is 12.5. The van der Waals surface area contributed by atoms with E-state index in [9.17, 15) is 9.90 Å². The van der Waals surface area contributed by atoms with Crippen molar-refractivity contribution < 1.29 is 9.90 Å². The van der Waals surface area contributed by atoms with Crippen LogP contribution in [0.25, 0.3) is 0 Å². The number of aliphatic hydroxyl groups excluding tert-OH is 1. The molecule has 88 valence electrons. The third-order valence-corrected chi connectivity index (χ3v) is 3.25. The summed E-state index contributed by atoms with van der Waals surface area (Å²) >= 11 is 0. The van der Waals surface area contributed by atoms with Gasteiger partial charge in [0.05, 0.1) is 6.10 Å². The zero-order valence-corrected chi connectivity index (χ0v) is 9.91. The van der Waals surface area contributed by atoms with Gasteiger partial charge in [-0.1, -0.05) is 19.8 Å². The molecule has 1 heterocycles. The van der Waals surface area contributed by atoms with E-state index >= 15 is 0 Å². The maximum atomic E-state index is 11.7. The van der Waals surface area contributed by atoms with Crippen molar-refractivity contribution in [3.63, 3.8) is 0 Å². The van der Waals surface area contributed by atoms with Gasteiger partial charge in [-0.15, -0.1) is 0 Å². The Balaban J connectivity index is 2.24. The number of rotatable bonds is 5. The first-order chi connectivity index (χ1) is 7.15. The average molecular weight is 213 g/mol. The van der Waals surface area contributed by atoms with Crippen molar-refractivity contribution in [3.8, 4) is 0 Å². The van der Waals surface area contributed by atoms with E-state index in [1.807, 2.05) is 11.8 Å². The third kappa shape index (κ3) is 3.82. The minimum Gasteiger partial charge on any atom is -0.393 e. The highest BCUT2D eigenvalue weighted by molar-refractivity contribution is 5.76. The molecule has 0 bridgehead atoms. The van der Waals surface area contributed by atoms with E-state index in [1.165, 1.54) is 0 Å².